The van der Waals surface area contributed by atoms with Crippen LogP contribution in [0.25, 0.3) is 0 Å². The lowest BCUT2D eigenvalue weighted by molar-refractivity contribution is -0.127. The Bertz CT molecular complexity index is 604. The number of hydrogen-bond donors (Lipinski definition) is 1. The second-order valence-corrected chi connectivity index (χ2v) is 6.78. The van der Waals surface area contributed by atoms with Crippen LogP contribution in [-0.2, 0) is 4.79 Å². The number of guanidine groups is 1. The molecule has 1 amide bonds. The fourth-order valence-electron chi connectivity index (χ4n) is 2.75. The average Bonchev–Trinajstić information content (AvgIpc) is 3.12. The van der Waals surface area contributed by atoms with Crippen LogP contribution in [0.5, 0.6) is 5.75 Å². The molecule has 8 heteroatoms. The summed E-state index contributed by atoms with van der Waals surface area (Å²) in [4.78, 5) is 19.8. The van der Waals surface area contributed by atoms with Crippen LogP contribution >= 0.6 is 24.0 Å². The van der Waals surface area contributed by atoms with Gasteiger partial charge in [-0.05, 0) is 37.1 Å². The standard InChI is InChI=1S/C19H29FN4O2.HI/c1-23(2)18(25)14-21-19(22-16-6-4-5-7-16)24(3)12-13-26-17-10-8-15(20)9-11-17;/h8-11,16H,4-7,12-14H2,1-3H3,(H,21,22);1H. The van der Waals surface area contributed by atoms with Gasteiger partial charge in [0.15, 0.2) is 5.96 Å². The van der Waals surface area contributed by atoms with Gasteiger partial charge in [-0.1, -0.05) is 12.8 Å². The van der Waals surface area contributed by atoms with Crippen molar-refractivity contribution in [2.24, 2.45) is 4.99 Å². The average molecular weight is 492 g/mol. The second kappa shape index (κ2) is 12.0. The Kier molecular flexibility index (Phi) is 10.4. The van der Waals surface area contributed by atoms with Gasteiger partial charge >= 0.3 is 0 Å². The minimum Gasteiger partial charge on any atom is -0.492 e. The van der Waals surface area contributed by atoms with Crippen LogP contribution < -0.4 is 10.1 Å². The van der Waals surface area contributed by atoms with E-state index < -0.39 is 0 Å². The molecule has 0 aromatic heterocycles. The molecule has 1 aliphatic carbocycles. The fraction of sp³-hybridized carbons (Fsp3) is 0.579. The van der Waals surface area contributed by atoms with Crippen LogP contribution in [0.3, 0.4) is 0 Å². The molecule has 0 bridgehead atoms. The summed E-state index contributed by atoms with van der Waals surface area (Å²) >= 11 is 0. The Hall–Kier alpha value is -1.58. The molecular weight excluding hydrogens is 462 g/mol. The summed E-state index contributed by atoms with van der Waals surface area (Å²) in [6.07, 6.45) is 4.69. The first-order valence-corrected chi connectivity index (χ1v) is 9.06. The molecule has 1 fully saturated rings. The zero-order chi connectivity index (χ0) is 18.9. The van der Waals surface area contributed by atoms with E-state index in [0.717, 1.165) is 18.8 Å². The Morgan fingerprint density at radius 3 is 2.44 bits per heavy atom. The molecule has 1 aromatic carbocycles. The van der Waals surface area contributed by atoms with Gasteiger partial charge in [0.05, 0.1) is 6.54 Å². The van der Waals surface area contributed by atoms with Crippen LogP contribution in [0, 0.1) is 5.82 Å². The molecule has 6 nitrogen and oxygen atoms in total. The summed E-state index contributed by atoms with van der Waals surface area (Å²) in [7, 11) is 5.37. The van der Waals surface area contributed by atoms with E-state index in [0.29, 0.717) is 24.9 Å². The molecule has 0 unspecified atom stereocenters. The molecule has 0 heterocycles. The summed E-state index contributed by atoms with van der Waals surface area (Å²) in [5, 5.41) is 3.47. The minimum absolute atomic E-state index is 0. The van der Waals surface area contributed by atoms with Crippen molar-refractivity contribution in [1.82, 2.24) is 15.1 Å². The highest BCUT2D eigenvalue weighted by Crippen LogP contribution is 2.18. The number of ether oxygens (including phenoxy) is 1. The number of amides is 1. The lowest BCUT2D eigenvalue weighted by Gasteiger charge is -2.25. The molecule has 0 radical (unpaired) electrons. The van der Waals surface area contributed by atoms with Crippen LogP contribution in [-0.4, -0.2) is 68.5 Å². The number of likely N-dealkylation sites (N-methyl/N-ethyl adjacent to an activating group) is 2. The molecule has 1 aromatic rings. The fourth-order valence-corrected chi connectivity index (χ4v) is 2.75. The van der Waals surface area contributed by atoms with E-state index in [1.54, 1.807) is 26.2 Å². The van der Waals surface area contributed by atoms with E-state index in [1.807, 2.05) is 11.9 Å². The van der Waals surface area contributed by atoms with Crippen LogP contribution in [0.4, 0.5) is 4.39 Å². The maximum atomic E-state index is 12.9. The molecule has 1 N–H and O–H groups in total. The number of nitrogens with zero attached hydrogens (tertiary/aromatic N) is 3. The van der Waals surface area contributed by atoms with Crippen molar-refractivity contribution in [3.8, 4) is 5.75 Å². The van der Waals surface area contributed by atoms with E-state index in [2.05, 4.69) is 10.3 Å². The maximum absolute atomic E-state index is 12.9. The summed E-state index contributed by atoms with van der Waals surface area (Å²) in [6.45, 7) is 1.16. The van der Waals surface area contributed by atoms with E-state index in [4.69, 9.17) is 4.74 Å². The van der Waals surface area contributed by atoms with E-state index in [-0.39, 0.29) is 42.2 Å². The van der Waals surface area contributed by atoms with Crippen LogP contribution in [0.2, 0.25) is 0 Å². The number of carbonyl (C=O) groups is 1. The second-order valence-electron chi connectivity index (χ2n) is 6.78. The third kappa shape index (κ3) is 8.32. The lowest BCUT2D eigenvalue weighted by Crippen LogP contribution is -2.45. The zero-order valence-corrected chi connectivity index (χ0v) is 18.6. The summed E-state index contributed by atoms with van der Waals surface area (Å²) in [5.41, 5.74) is 0. The van der Waals surface area contributed by atoms with Gasteiger partial charge in [-0.25, -0.2) is 9.38 Å². The molecular formula is C19H30FIN4O2. The third-order valence-corrected chi connectivity index (χ3v) is 4.42. The van der Waals surface area contributed by atoms with Gasteiger partial charge in [-0.3, -0.25) is 4.79 Å². The molecule has 0 saturated heterocycles. The monoisotopic (exact) mass is 492 g/mol. The molecule has 152 valence electrons. The van der Waals surface area contributed by atoms with Crippen LogP contribution in [0.15, 0.2) is 29.3 Å². The Morgan fingerprint density at radius 2 is 1.85 bits per heavy atom. The van der Waals surface area contributed by atoms with Crippen molar-refractivity contribution in [2.75, 3.05) is 40.8 Å². The first-order valence-electron chi connectivity index (χ1n) is 9.06. The number of aliphatic imine (C=N–C) groups is 1. The normalized spacial score (nSPS) is 14.4. The number of nitrogens with one attached hydrogen (secondary N) is 1. The van der Waals surface area contributed by atoms with Gasteiger partial charge in [0, 0.05) is 27.2 Å². The van der Waals surface area contributed by atoms with Crippen molar-refractivity contribution >= 4 is 35.8 Å². The molecule has 1 aliphatic rings. The molecule has 0 atom stereocenters. The maximum Gasteiger partial charge on any atom is 0.243 e. The summed E-state index contributed by atoms with van der Waals surface area (Å²) in [5.74, 6) is 1.03. The molecule has 27 heavy (non-hydrogen) atoms. The Labute approximate surface area is 178 Å². The van der Waals surface area contributed by atoms with E-state index in [1.165, 1.54) is 29.9 Å². The van der Waals surface area contributed by atoms with Gasteiger partial charge < -0.3 is 19.9 Å². The van der Waals surface area contributed by atoms with Crippen molar-refractivity contribution in [1.29, 1.82) is 0 Å². The summed E-state index contributed by atoms with van der Waals surface area (Å²) in [6, 6.07) is 6.37. The SMILES string of the molecule is CN(C)C(=O)CN=C(NC1CCCC1)N(C)CCOc1ccc(F)cc1.I. The van der Waals surface area contributed by atoms with Gasteiger partial charge in [-0.2, -0.15) is 0 Å². The highest BCUT2D eigenvalue weighted by Gasteiger charge is 2.18. The number of rotatable bonds is 7. The number of benzene rings is 1. The molecule has 0 aliphatic heterocycles. The van der Waals surface area contributed by atoms with Crippen LogP contribution in [0.1, 0.15) is 25.7 Å². The van der Waals surface area contributed by atoms with Gasteiger partial charge in [0.2, 0.25) is 5.91 Å². The van der Waals surface area contributed by atoms with Crippen molar-refractivity contribution in [3.63, 3.8) is 0 Å². The first kappa shape index (κ1) is 23.5. The molecule has 2 rings (SSSR count). The van der Waals surface area contributed by atoms with Crippen molar-refractivity contribution < 1.29 is 13.9 Å². The smallest absolute Gasteiger partial charge is 0.243 e. The van der Waals surface area contributed by atoms with E-state index in [9.17, 15) is 9.18 Å². The molecule has 1 saturated carbocycles. The van der Waals surface area contributed by atoms with E-state index >= 15 is 0 Å². The van der Waals surface area contributed by atoms with Gasteiger partial charge in [0.25, 0.3) is 0 Å². The molecule has 0 spiro atoms. The lowest BCUT2D eigenvalue weighted by atomic mass is 10.2. The predicted octanol–water partition coefficient (Wildman–Crippen LogP) is 2.73. The highest BCUT2D eigenvalue weighted by molar-refractivity contribution is 14.0. The quantitative estimate of drug-likeness (QED) is 0.362. The van der Waals surface area contributed by atoms with Gasteiger partial charge in [-0.15, -0.1) is 24.0 Å². The number of carbonyl (C=O) groups excluding carboxylic acids is 1. The third-order valence-electron chi connectivity index (χ3n) is 4.42. The van der Waals surface area contributed by atoms with Gasteiger partial charge in [0.1, 0.15) is 24.7 Å². The summed E-state index contributed by atoms with van der Waals surface area (Å²) < 4.78 is 18.6. The Balaban J connectivity index is 0.00000364. The largest absolute Gasteiger partial charge is 0.492 e. The number of halogens is 2. The predicted molar refractivity (Wildman–Crippen MR) is 116 cm³/mol. The number of hydrogen-bond acceptors (Lipinski definition) is 3. The minimum atomic E-state index is -0.282. The Morgan fingerprint density at radius 1 is 1.22 bits per heavy atom. The topological polar surface area (TPSA) is 57.2 Å². The highest BCUT2D eigenvalue weighted by atomic mass is 127. The first-order chi connectivity index (χ1) is 12.5. The zero-order valence-electron chi connectivity index (χ0n) is 16.3. The van der Waals surface area contributed by atoms with Crippen molar-refractivity contribution in [3.05, 3.63) is 30.1 Å². The van der Waals surface area contributed by atoms with Crippen molar-refractivity contribution in [2.45, 2.75) is 31.7 Å².